The Morgan fingerprint density at radius 2 is 2.39 bits per heavy atom. The highest BCUT2D eigenvalue weighted by atomic mass is 35.5. The van der Waals surface area contributed by atoms with Crippen molar-refractivity contribution in [1.82, 2.24) is 0 Å². The van der Waals surface area contributed by atoms with Crippen LogP contribution in [0.5, 0.6) is 5.75 Å². The molecule has 0 fully saturated rings. The summed E-state index contributed by atoms with van der Waals surface area (Å²) in [5, 5.41) is 0.644. The third-order valence-electron chi connectivity index (χ3n) is 2.85. The smallest absolute Gasteiger partial charge is 0.323 e. The maximum Gasteiger partial charge on any atom is 0.323 e. The monoisotopic (exact) mass is 269 g/mol. The van der Waals surface area contributed by atoms with Crippen LogP contribution in [0.1, 0.15) is 18.1 Å². The molecule has 1 aromatic rings. The first-order valence-electron chi connectivity index (χ1n) is 5.98. The van der Waals surface area contributed by atoms with Gasteiger partial charge in [0.05, 0.1) is 13.2 Å². The van der Waals surface area contributed by atoms with Crippen molar-refractivity contribution in [2.24, 2.45) is 5.73 Å². The fraction of sp³-hybridized carbons (Fsp3) is 0.462. The zero-order chi connectivity index (χ0) is 13.1. The van der Waals surface area contributed by atoms with Crippen molar-refractivity contribution in [2.75, 3.05) is 13.2 Å². The predicted molar refractivity (Wildman–Crippen MR) is 69.0 cm³/mol. The highest BCUT2D eigenvalue weighted by Gasteiger charge is 2.22. The lowest BCUT2D eigenvalue weighted by Gasteiger charge is -2.13. The van der Waals surface area contributed by atoms with Gasteiger partial charge in [-0.25, -0.2) is 0 Å². The molecule has 2 N–H and O–H groups in total. The Hall–Kier alpha value is -1.26. The van der Waals surface area contributed by atoms with Crippen LogP contribution in [0.15, 0.2) is 12.1 Å². The van der Waals surface area contributed by atoms with E-state index in [0.717, 1.165) is 23.3 Å². The van der Waals surface area contributed by atoms with Crippen LogP contribution in [-0.4, -0.2) is 25.2 Å². The van der Waals surface area contributed by atoms with E-state index < -0.39 is 12.0 Å². The minimum atomic E-state index is -0.684. The van der Waals surface area contributed by atoms with Crippen LogP contribution in [0, 0.1) is 0 Å². The number of carbonyl (C=O) groups excluding carboxylic acids is 1. The van der Waals surface area contributed by atoms with E-state index in [4.69, 9.17) is 26.8 Å². The van der Waals surface area contributed by atoms with Gasteiger partial charge in [-0.3, -0.25) is 4.79 Å². The fourth-order valence-electron chi connectivity index (χ4n) is 2.07. The molecule has 0 saturated carbocycles. The summed E-state index contributed by atoms with van der Waals surface area (Å²) in [6.07, 6.45) is 1.22. The summed E-state index contributed by atoms with van der Waals surface area (Å²) in [6.45, 7) is 2.73. The Morgan fingerprint density at radius 1 is 1.61 bits per heavy atom. The molecule has 0 spiro atoms. The van der Waals surface area contributed by atoms with Gasteiger partial charge in [-0.2, -0.15) is 0 Å². The van der Waals surface area contributed by atoms with E-state index in [1.807, 2.05) is 6.07 Å². The third-order valence-corrected chi connectivity index (χ3v) is 3.07. The van der Waals surface area contributed by atoms with Crippen molar-refractivity contribution in [1.29, 1.82) is 0 Å². The van der Waals surface area contributed by atoms with Crippen molar-refractivity contribution in [3.05, 3.63) is 28.3 Å². The van der Waals surface area contributed by atoms with Gasteiger partial charge in [-0.05, 0) is 30.2 Å². The van der Waals surface area contributed by atoms with Gasteiger partial charge in [0.25, 0.3) is 0 Å². The van der Waals surface area contributed by atoms with E-state index in [9.17, 15) is 4.79 Å². The number of fused-ring (bicyclic) bond motifs is 1. The molecule has 0 saturated heterocycles. The quantitative estimate of drug-likeness (QED) is 0.846. The Kier molecular flexibility index (Phi) is 4.09. The molecule has 1 aliphatic heterocycles. The minimum Gasteiger partial charge on any atom is -0.493 e. The summed E-state index contributed by atoms with van der Waals surface area (Å²) in [7, 11) is 0. The SMILES string of the molecule is CCOC(=O)C(N)Cc1cc(Cl)cc2c1OCC2. The second kappa shape index (κ2) is 5.59. The maximum atomic E-state index is 11.5. The molecule has 1 heterocycles. The van der Waals surface area contributed by atoms with Crippen molar-refractivity contribution >= 4 is 17.6 Å². The first kappa shape index (κ1) is 13.2. The molecule has 0 radical (unpaired) electrons. The Morgan fingerprint density at radius 3 is 3.11 bits per heavy atom. The molecular formula is C13H16ClNO3. The number of carbonyl (C=O) groups is 1. The number of halogens is 1. The van der Waals surface area contributed by atoms with Gasteiger partial charge in [0.1, 0.15) is 11.8 Å². The van der Waals surface area contributed by atoms with Gasteiger partial charge >= 0.3 is 5.97 Å². The van der Waals surface area contributed by atoms with Crippen LogP contribution in [0.3, 0.4) is 0 Å². The standard InChI is InChI=1S/C13H16ClNO3/c1-2-17-13(16)11(15)7-9-6-10(14)5-8-3-4-18-12(8)9/h5-6,11H,2-4,7,15H2,1H3. The lowest BCUT2D eigenvalue weighted by molar-refractivity contribution is -0.144. The largest absolute Gasteiger partial charge is 0.493 e. The van der Waals surface area contributed by atoms with Gasteiger partial charge in [0.2, 0.25) is 0 Å². The first-order chi connectivity index (χ1) is 8.61. The number of hydrogen-bond donors (Lipinski definition) is 1. The molecule has 1 aromatic carbocycles. The number of nitrogens with two attached hydrogens (primary N) is 1. The zero-order valence-corrected chi connectivity index (χ0v) is 11.0. The molecule has 5 heteroatoms. The van der Waals surface area contributed by atoms with E-state index in [2.05, 4.69) is 0 Å². The van der Waals surface area contributed by atoms with Gasteiger partial charge in [0.15, 0.2) is 0 Å². The Bertz CT molecular complexity index is 462. The van der Waals surface area contributed by atoms with E-state index in [-0.39, 0.29) is 0 Å². The van der Waals surface area contributed by atoms with E-state index in [1.165, 1.54) is 0 Å². The summed E-state index contributed by atoms with van der Waals surface area (Å²) in [5.41, 5.74) is 7.75. The number of hydrogen-bond acceptors (Lipinski definition) is 4. The lowest BCUT2D eigenvalue weighted by atomic mass is 10.0. The average Bonchev–Trinajstić information content (AvgIpc) is 2.77. The van der Waals surface area contributed by atoms with Gasteiger partial charge < -0.3 is 15.2 Å². The molecular weight excluding hydrogens is 254 g/mol. The number of ether oxygens (including phenoxy) is 2. The van der Waals surface area contributed by atoms with Crippen molar-refractivity contribution < 1.29 is 14.3 Å². The zero-order valence-electron chi connectivity index (χ0n) is 10.2. The molecule has 1 atom stereocenters. The molecule has 1 aliphatic rings. The van der Waals surface area contributed by atoms with Crippen LogP contribution in [-0.2, 0) is 22.4 Å². The fourth-order valence-corrected chi connectivity index (χ4v) is 2.33. The molecule has 0 amide bonds. The molecule has 18 heavy (non-hydrogen) atoms. The molecule has 4 nitrogen and oxygen atoms in total. The topological polar surface area (TPSA) is 61.5 Å². The van der Waals surface area contributed by atoms with Crippen molar-refractivity contribution in [3.8, 4) is 5.75 Å². The summed E-state index contributed by atoms with van der Waals surface area (Å²) in [6, 6.07) is 3.00. The molecule has 0 aliphatic carbocycles. The normalized spacial score (nSPS) is 14.8. The average molecular weight is 270 g/mol. The van der Waals surface area contributed by atoms with E-state index in [0.29, 0.717) is 24.7 Å². The second-order valence-corrected chi connectivity index (χ2v) is 4.65. The minimum absolute atomic E-state index is 0.330. The summed E-state index contributed by atoms with van der Waals surface area (Å²) in [4.78, 5) is 11.5. The third kappa shape index (κ3) is 2.76. The Labute approximate surface area is 111 Å². The van der Waals surface area contributed by atoms with Crippen LogP contribution >= 0.6 is 11.6 Å². The number of rotatable bonds is 4. The second-order valence-electron chi connectivity index (χ2n) is 4.21. The van der Waals surface area contributed by atoms with Crippen LogP contribution in [0.2, 0.25) is 5.02 Å². The number of esters is 1. The van der Waals surface area contributed by atoms with Crippen LogP contribution in [0.25, 0.3) is 0 Å². The molecule has 0 aromatic heterocycles. The molecule has 0 bridgehead atoms. The van der Waals surface area contributed by atoms with Crippen molar-refractivity contribution in [3.63, 3.8) is 0 Å². The summed E-state index contributed by atoms with van der Waals surface area (Å²) >= 11 is 6.04. The highest BCUT2D eigenvalue weighted by molar-refractivity contribution is 6.30. The van der Waals surface area contributed by atoms with E-state index >= 15 is 0 Å². The van der Waals surface area contributed by atoms with Gasteiger partial charge in [-0.15, -0.1) is 0 Å². The van der Waals surface area contributed by atoms with E-state index in [1.54, 1.807) is 13.0 Å². The van der Waals surface area contributed by atoms with Crippen LogP contribution < -0.4 is 10.5 Å². The van der Waals surface area contributed by atoms with Gasteiger partial charge in [-0.1, -0.05) is 11.6 Å². The van der Waals surface area contributed by atoms with Crippen LogP contribution in [0.4, 0.5) is 0 Å². The molecule has 2 rings (SSSR count). The summed E-state index contributed by atoms with van der Waals surface area (Å²) < 4.78 is 10.4. The highest BCUT2D eigenvalue weighted by Crippen LogP contribution is 2.33. The lowest BCUT2D eigenvalue weighted by Crippen LogP contribution is -2.34. The molecule has 98 valence electrons. The van der Waals surface area contributed by atoms with Crippen molar-refractivity contribution in [2.45, 2.75) is 25.8 Å². The first-order valence-corrected chi connectivity index (χ1v) is 6.36. The van der Waals surface area contributed by atoms with Gasteiger partial charge in [0, 0.05) is 17.9 Å². The predicted octanol–water partition coefficient (Wildman–Crippen LogP) is 1.71. The Balaban J connectivity index is 2.17. The molecule has 1 unspecified atom stereocenters. The summed E-state index contributed by atoms with van der Waals surface area (Å²) in [5.74, 6) is 0.420. The number of benzene rings is 1. The maximum absolute atomic E-state index is 11.5.